The van der Waals surface area contributed by atoms with Crippen LogP contribution in [0.5, 0.6) is 0 Å². The van der Waals surface area contributed by atoms with Crippen LogP contribution in [0, 0.1) is 0 Å². The summed E-state index contributed by atoms with van der Waals surface area (Å²) in [6.07, 6.45) is 1.71. The molecule has 2 aromatic heterocycles. The van der Waals surface area contributed by atoms with Crippen LogP contribution in [0.1, 0.15) is 0 Å². The molecule has 0 atom stereocenters. The number of nitrogens with two attached hydrogens (primary N) is 1. The van der Waals surface area contributed by atoms with Gasteiger partial charge in [0, 0.05) is 0 Å². The Kier molecular flexibility index (Phi) is 2.22. The molecule has 0 saturated carbocycles. The standard InChI is InChI=1S/C7H7ClN4S/c8-6-2-1-5(13-6)4-3-10-7(11-4)12-9/h1-3H,9H2,(H2,10,11,12). The lowest BCUT2D eigenvalue weighted by Crippen LogP contribution is -2.07. The SMILES string of the molecule is NNc1ncc(-c2ccc(Cl)s2)[nH]1. The Morgan fingerprint density at radius 3 is 2.92 bits per heavy atom. The Morgan fingerprint density at radius 1 is 1.54 bits per heavy atom. The number of hydrogen-bond donors (Lipinski definition) is 3. The summed E-state index contributed by atoms with van der Waals surface area (Å²) >= 11 is 7.29. The zero-order valence-corrected chi connectivity index (χ0v) is 8.12. The van der Waals surface area contributed by atoms with Crippen molar-refractivity contribution in [2.24, 2.45) is 5.84 Å². The maximum Gasteiger partial charge on any atom is 0.215 e. The molecule has 2 rings (SSSR count). The van der Waals surface area contributed by atoms with Gasteiger partial charge in [0.1, 0.15) is 0 Å². The molecule has 4 N–H and O–H groups in total. The first kappa shape index (κ1) is 8.55. The molecule has 0 aromatic carbocycles. The summed E-state index contributed by atoms with van der Waals surface area (Å²) in [4.78, 5) is 8.03. The van der Waals surface area contributed by atoms with Crippen LogP contribution >= 0.6 is 22.9 Å². The number of aromatic amines is 1. The van der Waals surface area contributed by atoms with Crippen LogP contribution in [0.25, 0.3) is 10.6 Å². The van der Waals surface area contributed by atoms with E-state index in [1.807, 2.05) is 12.1 Å². The molecule has 4 nitrogen and oxygen atoms in total. The van der Waals surface area contributed by atoms with E-state index in [0.29, 0.717) is 5.95 Å². The van der Waals surface area contributed by atoms with Crippen LogP contribution in [-0.4, -0.2) is 9.97 Å². The lowest BCUT2D eigenvalue weighted by molar-refractivity contribution is 1.20. The molecule has 0 unspecified atom stereocenters. The minimum atomic E-state index is 0.541. The number of anilines is 1. The first-order valence-electron chi connectivity index (χ1n) is 3.57. The zero-order chi connectivity index (χ0) is 9.26. The minimum absolute atomic E-state index is 0.541. The van der Waals surface area contributed by atoms with E-state index in [1.54, 1.807) is 6.20 Å². The molecule has 13 heavy (non-hydrogen) atoms. The first-order chi connectivity index (χ1) is 6.29. The third kappa shape index (κ3) is 1.67. The second kappa shape index (κ2) is 3.37. The molecule has 6 heteroatoms. The van der Waals surface area contributed by atoms with E-state index in [1.165, 1.54) is 11.3 Å². The molecule has 0 radical (unpaired) electrons. The molecule has 0 fully saturated rings. The van der Waals surface area contributed by atoms with Crippen LogP contribution in [0.4, 0.5) is 5.95 Å². The molecule has 0 saturated heterocycles. The lowest BCUT2D eigenvalue weighted by Gasteiger charge is -1.90. The van der Waals surface area contributed by atoms with Crippen LogP contribution in [0.15, 0.2) is 18.3 Å². The number of imidazole rings is 1. The van der Waals surface area contributed by atoms with Gasteiger partial charge in [-0.1, -0.05) is 11.6 Å². The quantitative estimate of drug-likeness (QED) is 0.530. The smallest absolute Gasteiger partial charge is 0.215 e. The molecule has 0 aliphatic heterocycles. The van der Waals surface area contributed by atoms with Crippen molar-refractivity contribution >= 4 is 28.9 Å². The largest absolute Gasteiger partial charge is 0.322 e. The third-order valence-corrected chi connectivity index (χ3v) is 2.82. The van der Waals surface area contributed by atoms with E-state index < -0.39 is 0 Å². The summed E-state index contributed by atoms with van der Waals surface area (Å²) in [5.41, 5.74) is 3.34. The Morgan fingerprint density at radius 2 is 2.38 bits per heavy atom. The zero-order valence-electron chi connectivity index (χ0n) is 6.54. The molecule has 0 aliphatic rings. The van der Waals surface area contributed by atoms with Crippen molar-refractivity contribution in [1.29, 1.82) is 0 Å². The van der Waals surface area contributed by atoms with Gasteiger partial charge < -0.3 is 4.98 Å². The van der Waals surface area contributed by atoms with Gasteiger partial charge in [-0.15, -0.1) is 11.3 Å². The van der Waals surface area contributed by atoms with Crippen molar-refractivity contribution in [2.75, 3.05) is 5.43 Å². The molecule has 68 valence electrons. The van der Waals surface area contributed by atoms with Gasteiger partial charge in [-0.05, 0) is 12.1 Å². The summed E-state index contributed by atoms with van der Waals surface area (Å²) in [6.45, 7) is 0. The summed E-state index contributed by atoms with van der Waals surface area (Å²) in [5.74, 6) is 5.72. The minimum Gasteiger partial charge on any atom is -0.322 e. The third-order valence-electron chi connectivity index (χ3n) is 1.55. The highest BCUT2D eigenvalue weighted by Crippen LogP contribution is 2.29. The number of nitrogens with one attached hydrogen (secondary N) is 2. The molecular formula is C7H7ClN4S. The molecule has 2 heterocycles. The predicted octanol–water partition coefficient (Wildman–Crippen LogP) is 2.08. The van der Waals surface area contributed by atoms with E-state index in [9.17, 15) is 0 Å². The summed E-state index contributed by atoms with van der Waals surface area (Å²) in [7, 11) is 0. The fourth-order valence-corrected chi connectivity index (χ4v) is 1.99. The number of aromatic nitrogens is 2. The van der Waals surface area contributed by atoms with Gasteiger partial charge in [0.05, 0.1) is 21.1 Å². The van der Waals surface area contributed by atoms with Gasteiger partial charge in [-0.25, -0.2) is 10.8 Å². The number of H-pyrrole nitrogens is 1. The molecule has 2 aromatic rings. The van der Waals surface area contributed by atoms with Crippen molar-refractivity contribution in [3.8, 4) is 10.6 Å². The fourth-order valence-electron chi connectivity index (χ4n) is 0.979. The number of thiophene rings is 1. The second-order valence-corrected chi connectivity index (χ2v) is 4.11. The summed E-state index contributed by atoms with van der Waals surface area (Å²) < 4.78 is 0.756. The Hall–Kier alpha value is -1.04. The molecule has 0 spiro atoms. The van der Waals surface area contributed by atoms with E-state index in [4.69, 9.17) is 17.4 Å². The topological polar surface area (TPSA) is 66.7 Å². The van der Waals surface area contributed by atoms with Crippen LogP contribution in [-0.2, 0) is 0 Å². The number of nitrogens with zero attached hydrogens (tertiary/aromatic N) is 1. The van der Waals surface area contributed by atoms with E-state index >= 15 is 0 Å². The van der Waals surface area contributed by atoms with Crippen LogP contribution in [0.3, 0.4) is 0 Å². The van der Waals surface area contributed by atoms with E-state index in [2.05, 4.69) is 15.4 Å². The van der Waals surface area contributed by atoms with E-state index in [0.717, 1.165) is 14.9 Å². The summed E-state index contributed by atoms with van der Waals surface area (Å²) in [6, 6.07) is 3.78. The number of rotatable bonds is 2. The highest BCUT2D eigenvalue weighted by Gasteiger charge is 2.04. The maximum absolute atomic E-state index is 5.79. The van der Waals surface area contributed by atoms with Crippen molar-refractivity contribution in [2.45, 2.75) is 0 Å². The van der Waals surface area contributed by atoms with Gasteiger partial charge >= 0.3 is 0 Å². The molecular weight excluding hydrogens is 208 g/mol. The fraction of sp³-hybridized carbons (Fsp3) is 0. The highest BCUT2D eigenvalue weighted by atomic mass is 35.5. The molecule has 0 aliphatic carbocycles. The lowest BCUT2D eigenvalue weighted by atomic mass is 10.4. The van der Waals surface area contributed by atoms with Crippen LogP contribution < -0.4 is 11.3 Å². The number of hydrazine groups is 1. The second-order valence-electron chi connectivity index (χ2n) is 2.39. The maximum atomic E-state index is 5.79. The number of halogens is 1. The van der Waals surface area contributed by atoms with Crippen molar-refractivity contribution in [1.82, 2.24) is 9.97 Å². The van der Waals surface area contributed by atoms with E-state index in [-0.39, 0.29) is 0 Å². The monoisotopic (exact) mass is 214 g/mol. The molecule has 0 bridgehead atoms. The highest BCUT2D eigenvalue weighted by molar-refractivity contribution is 7.19. The van der Waals surface area contributed by atoms with Gasteiger partial charge in [0.15, 0.2) is 0 Å². The first-order valence-corrected chi connectivity index (χ1v) is 4.76. The average molecular weight is 215 g/mol. The normalized spacial score (nSPS) is 10.3. The number of nitrogen functional groups attached to an aromatic ring is 1. The van der Waals surface area contributed by atoms with Crippen molar-refractivity contribution in [3.63, 3.8) is 0 Å². The molecule has 0 amide bonds. The number of hydrogen-bond acceptors (Lipinski definition) is 4. The summed E-state index contributed by atoms with van der Waals surface area (Å²) in [5, 5.41) is 0. The van der Waals surface area contributed by atoms with Gasteiger partial charge in [-0.3, -0.25) is 5.43 Å². The Bertz CT molecular complexity index is 408. The van der Waals surface area contributed by atoms with Gasteiger partial charge in [0.2, 0.25) is 5.95 Å². The van der Waals surface area contributed by atoms with Gasteiger partial charge in [0.25, 0.3) is 0 Å². The predicted molar refractivity (Wildman–Crippen MR) is 54.7 cm³/mol. The Balaban J connectivity index is 2.35. The van der Waals surface area contributed by atoms with Crippen molar-refractivity contribution < 1.29 is 0 Å². The Labute approximate surface area is 83.7 Å². The van der Waals surface area contributed by atoms with Crippen LogP contribution in [0.2, 0.25) is 4.34 Å². The average Bonchev–Trinajstić information content (AvgIpc) is 2.71. The van der Waals surface area contributed by atoms with Gasteiger partial charge in [-0.2, -0.15) is 0 Å². The van der Waals surface area contributed by atoms with Crippen molar-refractivity contribution in [3.05, 3.63) is 22.7 Å².